The number of ether oxygens (including phenoxy) is 1. The molecule has 5 rings (SSSR count). The molecule has 0 aliphatic carbocycles. The molecular weight excluding hydrogens is 462 g/mol. The van der Waals surface area contributed by atoms with E-state index in [1.807, 2.05) is 91.3 Å². The summed E-state index contributed by atoms with van der Waals surface area (Å²) in [7, 11) is 1.67. The quantitative estimate of drug-likeness (QED) is 0.134. The number of aromatic amines is 1. The van der Waals surface area contributed by atoms with Gasteiger partial charge in [0.1, 0.15) is 5.75 Å². The van der Waals surface area contributed by atoms with Crippen molar-refractivity contribution in [2.75, 3.05) is 20.2 Å². The summed E-state index contributed by atoms with van der Waals surface area (Å²) >= 11 is 0. The molecule has 0 aliphatic heterocycles. The molecule has 1 atom stereocenters. The van der Waals surface area contributed by atoms with Crippen LogP contribution in [0.4, 0.5) is 0 Å². The molecule has 2 aromatic heterocycles. The van der Waals surface area contributed by atoms with E-state index in [0.717, 1.165) is 46.1 Å². The second-order valence-corrected chi connectivity index (χ2v) is 9.15. The Morgan fingerprint density at radius 2 is 1.89 bits per heavy atom. The second-order valence-electron chi connectivity index (χ2n) is 9.15. The number of fused-ring (bicyclic) bond motifs is 2. The van der Waals surface area contributed by atoms with E-state index in [4.69, 9.17) is 4.74 Å². The molecule has 188 valence electrons. The van der Waals surface area contributed by atoms with Crippen molar-refractivity contribution in [1.82, 2.24) is 14.9 Å². The van der Waals surface area contributed by atoms with Crippen molar-refractivity contribution in [3.8, 4) is 5.75 Å². The maximum absolute atomic E-state index is 12.5. The average molecular weight is 494 g/mol. The summed E-state index contributed by atoms with van der Waals surface area (Å²) in [5.74, 6) is 0.810. The molecule has 3 aromatic carbocycles. The van der Waals surface area contributed by atoms with Gasteiger partial charge in [0, 0.05) is 58.4 Å². The highest BCUT2D eigenvalue weighted by Gasteiger charge is 2.12. The number of carbonyl (C=O) groups is 1. The van der Waals surface area contributed by atoms with Crippen LogP contribution in [0.3, 0.4) is 0 Å². The zero-order valence-corrected chi connectivity index (χ0v) is 20.9. The Labute approximate surface area is 216 Å². The van der Waals surface area contributed by atoms with Crippen molar-refractivity contribution >= 4 is 33.7 Å². The zero-order valence-electron chi connectivity index (χ0n) is 20.9. The summed E-state index contributed by atoms with van der Waals surface area (Å²) in [6.45, 7) is 1.69. The molecule has 0 spiro atoms. The van der Waals surface area contributed by atoms with E-state index in [9.17, 15) is 9.90 Å². The van der Waals surface area contributed by atoms with Gasteiger partial charge in [-0.1, -0.05) is 48.5 Å². The Balaban J connectivity index is 1.20. The number of hydrogen-bond donors (Lipinski definition) is 3. The number of aromatic nitrogens is 2. The van der Waals surface area contributed by atoms with Crippen LogP contribution in [-0.2, 0) is 13.0 Å². The van der Waals surface area contributed by atoms with E-state index in [0.29, 0.717) is 18.7 Å². The summed E-state index contributed by atoms with van der Waals surface area (Å²) < 4.78 is 7.41. The molecule has 0 amide bonds. The first-order chi connectivity index (χ1) is 18.1. The molecule has 0 unspecified atom stereocenters. The monoisotopic (exact) mass is 493 g/mol. The Morgan fingerprint density at radius 1 is 1.08 bits per heavy atom. The van der Waals surface area contributed by atoms with Crippen LogP contribution in [0.1, 0.15) is 21.5 Å². The molecule has 37 heavy (non-hydrogen) atoms. The number of benzene rings is 3. The predicted molar refractivity (Wildman–Crippen MR) is 149 cm³/mol. The maximum atomic E-state index is 12.5. The minimum atomic E-state index is -0.554. The molecule has 5 aromatic rings. The molecular formula is C31H31N3O3. The molecule has 0 aliphatic rings. The van der Waals surface area contributed by atoms with E-state index in [1.54, 1.807) is 13.2 Å². The first kappa shape index (κ1) is 24.6. The van der Waals surface area contributed by atoms with Gasteiger partial charge in [-0.05, 0) is 54.9 Å². The van der Waals surface area contributed by atoms with Crippen LogP contribution < -0.4 is 10.1 Å². The lowest BCUT2D eigenvalue weighted by Crippen LogP contribution is -2.31. The van der Waals surface area contributed by atoms with Crippen molar-refractivity contribution in [3.63, 3.8) is 0 Å². The van der Waals surface area contributed by atoms with Crippen LogP contribution in [-0.4, -0.2) is 46.7 Å². The van der Waals surface area contributed by atoms with E-state index >= 15 is 0 Å². The fourth-order valence-electron chi connectivity index (χ4n) is 4.70. The highest BCUT2D eigenvalue weighted by molar-refractivity contribution is 6.07. The number of hydrogen-bond acceptors (Lipinski definition) is 4. The molecule has 3 N–H and O–H groups in total. The van der Waals surface area contributed by atoms with Crippen molar-refractivity contribution in [2.24, 2.45) is 0 Å². The standard InChI is InChI=1S/C31H31N3O3/c1-37-26-12-13-29-28(17-26)23(18-33-29)15-16-32-19-25(35)21-34-20-24(27-9-5-6-10-30(27)34)11-14-31(36)22-7-3-2-4-8-22/h2-14,17-18,20,25,32-33,35H,15-16,19,21H2,1H3/b14-11+/t25-/m0/s1. The normalized spacial score (nSPS) is 12.5. The number of nitrogens with zero attached hydrogens (tertiary/aromatic N) is 1. The van der Waals surface area contributed by atoms with Gasteiger partial charge in [0.2, 0.25) is 0 Å². The maximum Gasteiger partial charge on any atom is 0.185 e. The molecule has 6 nitrogen and oxygen atoms in total. The number of para-hydroxylation sites is 1. The van der Waals surface area contributed by atoms with Crippen molar-refractivity contribution in [3.05, 3.63) is 108 Å². The van der Waals surface area contributed by atoms with Crippen LogP contribution in [0.15, 0.2) is 91.3 Å². The van der Waals surface area contributed by atoms with Crippen LogP contribution in [0.2, 0.25) is 0 Å². The van der Waals surface area contributed by atoms with Crippen LogP contribution >= 0.6 is 0 Å². The molecule has 0 fully saturated rings. The summed E-state index contributed by atoms with van der Waals surface area (Å²) in [6, 6.07) is 23.3. The third-order valence-electron chi connectivity index (χ3n) is 6.63. The van der Waals surface area contributed by atoms with Gasteiger partial charge in [0.05, 0.1) is 13.2 Å². The molecule has 0 bridgehead atoms. The van der Waals surface area contributed by atoms with Gasteiger partial charge in [0.25, 0.3) is 0 Å². The minimum absolute atomic E-state index is 0.0321. The lowest BCUT2D eigenvalue weighted by Gasteiger charge is -2.14. The van der Waals surface area contributed by atoms with Gasteiger partial charge in [-0.2, -0.15) is 0 Å². The summed E-state index contributed by atoms with van der Waals surface area (Å²) in [6.07, 6.45) is 7.79. The van der Waals surface area contributed by atoms with Crippen molar-refractivity contribution in [2.45, 2.75) is 19.1 Å². The van der Waals surface area contributed by atoms with Gasteiger partial charge in [0.15, 0.2) is 5.78 Å². The molecule has 0 radical (unpaired) electrons. The average Bonchev–Trinajstić information content (AvgIpc) is 3.50. The smallest absolute Gasteiger partial charge is 0.185 e. The highest BCUT2D eigenvalue weighted by Crippen LogP contribution is 2.24. The lowest BCUT2D eigenvalue weighted by atomic mass is 10.1. The SMILES string of the molecule is COc1ccc2[nH]cc(CCNC[C@H](O)Cn3cc(/C=C/C(=O)c4ccccc4)c4ccccc43)c2c1. The Bertz CT molecular complexity index is 1530. The van der Waals surface area contributed by atoms with Gasteiger partial charge in [-0.3, -0.25) is 4.79 Å². The second kappa shape index (κ2) is 11.3. The number of carbonyl (C=O) groups excluding carboxylic acids is 1. The minimum Gasteiger partial charge on any atom is -0.497 e. The number of rotatable bonds is 11. The topological polar surface area (TPSA) is 79.3 Å². The van der Waals surface area contributed by atoms with Crippen molar-refractivity contribution in [1.29, 1.82) is 0 Å². The number of methoxy groups -OCH3 is 1. The Kier molecular flexibility index (Phi) is 7.49. The summed E-state index contributed by atoms with van der Waals surface area (Å²) in [5, 5.41) is 16.3. The van der Waals surface area contributed by atoms with E-state index in [-0.39, 0.29) is 5.78 Å². The fourth-order valence-corrected chi connectivity index (χ4v) is 4.70. The molecule has 0 saturated heterocycles. The molecule has 2 heterocycles. The number of H-pyrrole nitrogens is 1. The van der Waals surface area contributed by atoms with E-state index < -0.39 is 6.10 Å². The largest absolute Gasteiger partial charge is 0.497 e. The van der Waals surface area contributed by atoms with Gasteiger partial charge >= 0.3 is 0 Å². The third-order valence-corrected chi connectivity index (χ3v) is 6.63. The summed E-state index contributed by atoms with van der Waals surface area (Å²) in [5.41, 5.74) is 4.95. The number of aliphatic hydroxyl groups is 1. The highest BCUT2D eigenvalue weighted by atomic mass is 16.5. The van der Waals surface area contributed by atoms with Crippen molar-refractivity contribution < 1.29 is 14.6 Å². The predicted octanol–water partition coefficient (Wildman–Crippen LogP) is 5.22. The molecule has 0 saturated carbocycles. The fraction of sp³-hybridized carbons (Fsp3) is 0.194. The molecule has 6 heteroatoms. The number of nitrogens with one attached hydrogen (secondary N) is 2. The number of aliphatic hydroxyl groups excluding tert-OH is 1. The lowest BCUT2D eigenvalue weighted by molar-refractivity contribution is 0.104. The third kappa shape index (κ3) is 5.66. The van der Waals surface area contributed by atoms with Gasteiger partial charge < -0.3 is 24.7 Å². The van der Waals surface area contributed by atoms with Gasteiger partial charge in [-0.25, -0.2) is 0 Å². The Morgan fingerprint density at radius 3 is 2.73 bits per heavy atom. The number of allylic oxidation sites excluding steroid dienone is 1. The zero-order chi connectivity index (χ0) is 25.6. The van der Waals surface area contributed by atoms with E-state index in [2.05, 4.69) is 14.9 Å². The number of ketones is 1. The van der Waals surface area contributed by atoms with Crippen LogP contribution in [0, 0.1) is 0 Å². The summed E-state index contributed by atoms with van der Waals surface area (Å²) in [4.78, 5) is 15.8. The van der Waals surface area contributed by atoms with Crippen LogP contribution in [0.5, 0.6) is 5.75 Å². The Hall–Kier alpha value is -4.13. The first-order valence-electron chi connectivity index (χ1n) is 12.5. The van der Waals surface area contributed by atoms with Crippen LogP contribution in [0.25, 0.3) is 27.9 Å². The van der Waals surface area contributed by atoms with Gasteiger partial charge in [-0.15, -0.1) is 0 Å². The van der Waals surface area contributed by atoms with E-state index in [1.165, 1.54) is 5.56 Å². The first-order valence-corrected chi connectivity index (χ1v) is 12.5.